The van der Waals surface area contributed by atoms with E-state index in [1.807, 2.05) is 6.20 Å². The Morgan fingerprint density at radius 3 is 2.82 bits per heavy atom. The third-order valence-corrected chi connectivity index (χ3v) is 2.20. The average Bonchev–Trinajstić information content (AvgIpc) is 2.68. The molecule has 1 saturated carbocycles. The van der Waals surface area contributed by atoms with Crippen LogP contribution in [-0.4, -0.2) is 9.55 Å². The van der Waals surface area contributed by atoms with Crippen molar-refractivity contribution in [3.63, 3.8) is 0 Å². The molecule has 1 aliphatic rings. The number of imidazole rings is 1. The summed E-state index contributed by atoms with van der Waals surface area (Å²) in [4.78, 5) is 4.36. The van der Waals surface area contributed by atoms with Gasteiger partial charge in [0.2, 0.25) is 0 Å². The maximum atomic E-state index is 4.36. The molecule has 1 aliphatic carbocycles. The lowest BCUT2D eigenvalue weighted by Crippen LogP contribution is -2.03. The first-order chi connectivity index (χ1) is 5.29. The molecule has 60 valence electrons. The predicted molar refractivity (Wildman–Crippen MR) is 44.6 cm³/mol. The van der Waals surface area contributed by atoms with Gasteiger partial charge < -0.3 is 4.57 Å². The highest BCUT2D eigenvalue weighted by Crippen LogP contribution is 2.39. The van der Waals surface area contributed by atoms with Gasteiger partial charge in [0.25, 0.3) is 0 Å². The van der Waals surface area contributed by atoms with E-state index in [0.717, 1.165) is 5.92 Å². The molecule has 1 aromatic heterocycles. The summed E-state index contributed by atoms with van der Waals surface area (Å²) in [6.45, 7) is 4.40. The van der Waals surface area contributed by atoms with E-state index in [0.29, 0.717) is 6.04 Å². The Bertz CT molecular complexity index is 229. The van der Waals surface area contributed by atoms with Gasteiger partial charge in [0.15, 0.2) is 0 Å². The quantitative estimate of drug-likeness (QED) is 0.632. The zero-order valence-electron chi connectivity index (χ0n) is 7.12. The summed E-state index contributed by atoms with van der Waals surface area (Å²) in [5.74, 6) is 2.06. The molecule has 0 bridgehead atoms. The fraction of sp³-hybridized carbons (Fsp3) is 0.667. The molecule has 2 rings (SSSR count). The Morgan fingerprint density at radius 2 is 2.27 bits per heavy atom. The zero-order chi connectivity index (χ0) is 7.84. The Kier molecular flexibility index (Phi) is 1.48. The van der Waals surface area contributed by atoms with Gasteiger partial charge in [0.05, 0.1) is 0 Å². The Morgan fingerprint density at radius 1 is 1.55 bits per heavy atom. The first-order valence-electron chi connectivity index (χ1n) is 4.32. The van der Waals surface area contributed by atoms with Crippen molar-refractivity contribution in [1.29, 1.82) is 0 Å². The van der Waals surface area contributed by atoms with Crippen molar-refractivity contribution in [1.82, 2.24) is 9.55 Å². The van der Waals surface area contributed by atoms with E-state index >= 15 is 0 Å². The predicted octanol–water partition coefficient (Wildman–Crippen LogP) is 2.34. The molecule has 2 heteroatoms. The standard InChI is InChI=1S/C9H14N2/c1-7(2)11-6-5-10-9(11)8-3-4-8/h5-8H,3-4H2,1-2H3. The van der Waals surface area contributed by atoms with Gasteiger partial charge in [-0.2, -0.15) is 0 Å². The fourth-order valence-corrected chi connectivity index (χ4v) is 1.42. The molecule has 0 atom stereocenters. The van der Waals surface area contributed by atoms with Crippen LogP contribution in [0.1, 0.15) is 44.5 Å². The number of rotatable bonds is 2. The highest BCUT2D eigenvalue weighted by atomic mass is 15.1. The van der Waals surface area contributed by atoms with E-state index < -0.39 is 0 Å². The second-order valence-electron chi connectivity index (χ2n) is 3.56. The molecule has 0 unspecified atom stereocenters. The minimum atomic E-state index is 0.563. The average molecular weight is 150 g/mol. The van der Waals surface area contributed by atoms with Gasteiger partial charge in [0, 0.05) is 24.4 Å². The van der Waals surface area contributed by atoms with Gasteiger partial charge in [-0.25, -0.2) is 4.98 Å². The third kappa shape index (κ3) is 1.17. The van der Waals surface area contributed by atoms with E-state index in [1.54, 1.807) is 0 Å². The summed E-state index contributed by atoms with van der Waals surface area (Å²) in [6, 6.07) is 0.563. The normalized spacial score (nSPS) is 17.7. The van der Waals surface area contributed by atoms with Crippen LogP contribution in [-0.2, 0) is 0 Å². The van der Waals surface area contributed by atoms with Crippen LogP contribution in [0.2, 0.25) is 0 Å². The number of hydrogen-bond donors (Lipinski definition) is 0. The molecule has 0 aromatic carbocycles. The van der Waals surface area contributed by atoms with E-state index in [2.05, 4.69) is 29.6 Å². The highest BCUT2D eigenvalue weighted by molar-refractivity contribution is 5.08. The maximum absolute atomic E-state index is 4.36. The van der Waals surface area contributed by atoms with Crippen molar-refractivity contribution in [3.8, 4) is 0 Å². The van der Waals surface area contributed by atoms with E-state index in [9.17, 15) is 0 Å². The molecule has 0 N–H and O–H groups in total. The van der Waals surface area contributed by atoms with Crippen LogP contribution in [0.4, 0.5) is 0 Å². The fourth-order valence-electron chi connectivity index (χ4n) is 1.42. The minimum absolute atomic E-state index is 0.563. The molecule has 2 nitrogen and oxygen atoms in total. The van der Waals surface area contributed by atoms with Crippen LogP contribution < -0.4 is 0 Å². The Hall–Kier alpha value is -0.790. The van der Waals surface area contributed by atoms with Crippen LogP contribution in [0, 0.1) is 0 Å². The first-order valence-corrected chi connectivity index (χ1v) is 4.32. The van der Waals surface area contributed by atoms with Crippen LogP contribution >= 0.6 is 0 Å². The minimum Gasteiger partial charge on any atom is -0.332 e. The highest BCUT2D eigenvalue weighted by Gasteiger charge is 2.28. The van der Waals surface area contributed by atoms with E-state index in [4.69, 9.17) is 0 Å². The summed E-state index contributed by atoms with van der Waals surface area (Å²) in [7, 11) is 0. The molecule has 0 radical (unpaired) electrons. The second kappa shape index (κ2) is 2.36. The largest absolute Gasteiger partial charge is 0.332 e. The number of aromatic nitrogens is 2. The van der Waals surface area contributed by atoms with Gasteiger partial charge in [-0.1, -0.05) is 0 Å². The summed E-state index contributed by atoms with van der Waals surface area (Å²) < 4.78 is 2.28. The van der Waals surface area contributed by atoms with Crippen LogP contribution in [0.5, 0.6) is 0 Å². The first kappa shape index (κ1) is 6.89. The van der Waals surface area contributed by atoms with Crippen LogP contribution in [0.3, 0.4) is 0 Å². The maximum Gasteiger partial charge on any atom is 0.111 e. The second-order valence-corrected chi connectivity index (χ2v) is 3.56. The SMILES string of the molecule is CC(C)n1ccnc1C1CC1. The molecule has 0 aliphatic heterocycles. The third-order valence-electron chi connectivity index (χ3n) is 2.20. The van der Waals surface area contributed by atoms with Gasteiger partial charge in [-0.05, 0) is 26.7 Å². The molecule has 0 amide bonds. The smallest absolute Gasteiger partial charge is 0.111 e. The van der Waals surface area contributed by atoms with Crippen molar-refractivity contribution in [2.75, 3.05) is 0 Å². The molecular weight excluding hydrogens is 136 g/mol. The van der Waals surface area contributed by atoms with Crippen molar-refractivity contribution in [2.45, 2.75) is 38.6 Å². The summed E-state index contributed by atoms with van der Waals surface area (Å²) in [5.41, 5.74) is 0. The molecular formula is C9H14N2. The Labute approximate surface area is 67.3 Å². The zero-order valence-corrected chi connectivity index (χ0v) is 7.12. The van der Waals surface area contributed by atoms with Crippen molar-refractivity contribution in [3.05, 3.63) is 18.2 Å². The molecule has 0 saturated heterocycles. The lowest BCUT2D eigenvalue weighted by atomic mass is 10.3. The van der Waals surface area contributed by atoms with Crippen molar-refractivity contribution < 1.29 is 0 Å². The molecule has 11 heavy (non-hydrogen) atoms. The topological polar surface area (TPSA) is 17.8 Å². The molecule has 1 aromatic rings. The number of hydrogen-bond acceptors (Lipinski definition) is 1. The lowest BCUT2D eigenvalue weighted by molar-refractivity contribution is 0.569. The van der Waals surface area contributed by atoms with Crippen LogP contribution in [0.25, 0.3) is 0 Å². The van der Waals surface area contributed by atoms with E-state index in [1.165, 1.54) is 18.7 Å². The van der Waals surface area contributed by atoms with Gasteiger partial charge in [0.1, 0.15) is 5.82 Å². The molecule has 1 heterocycles. The monoisotopic (exact) mass is 150 g/mol. The molecule has 1 fully saturated rings. The Balaban J connectivity index is 2.30. The van der Waals surface area contributed by atoms with Crippen molar-refractivity contribution in [2.24, 2.45) is 0 Å². The van der Waals surface area contributed by atoms with Gasteiger partial charge in [-0.15, -0.1) is 0 Å². The van der Waals surface area contributed by atoms with E-state index in [-0.39, 0.29) is 0 Å². The van der Waals surface area contributed by atoms with Crippen LogP contribution in [0.15, 0.2) is 12.4 Å². The van der Waals surface area contributed by atoms with Gasteiger partial charge in [-0.3, -0.25) is 0 Å². The lowest BCUT2D eigenvalue weighted by Gasteiger charge is -2.09. The summed E-state index contributed by atoms with van der Waals surface area (Å²) in [6.07, 6.45) is 6.67. The molecule has 0 spiro atoms. The summed E-state index contributed by atoms with van der Waals surface area (Å²) in [5, 5.41) is 0. The van der Waals surface area contributed by atoms with Crippen molar-refractivity contribution >= 4 is 0 Å². The number of nitrogens with zero attached hydrogens (tertiary/aromatic N) is 2. The van der Waals surface area contributed by atoms with Gasteiger partial charge >= 0.3 is 0 Å². The summed E-state index contributed by atoms with van der Waals surface area (Å²) >= 11 is 0.